The second-order valence-electron chi connectivity index (χ2n) is 7.55. The molecule has 0 aromatic heterocycles. The fraction of sp³-hybridized carbons (Fsp3) is 1.00. The van der Waals surface area contributed by atoms with Gasteiger partial charge in [-0.3, -0.25) is 0 Å². The van der Waals surface area contributed by atoms with Crippen molar-refractivity contribution in [3.63, 3.8) is 0 Å². The first-order chi connectivity index (χ1) is 6.54. The van der Waals surface area contributed by atoms with E-state index < -0.39 is 0 Å². The van der Waals surface area contributed by atoms with Gasteiger partial charge in [0.15, 0.2) is 0 Å². The van der Waals surface area contributed by atoms with E-state index in [1.165, 1.54) is 19.3 Å². The molecule has 0 fully saturated rings. The van der Waals surface area contributed by atoms with Gasteiger partial charge in [-0.2, -0.15) is 0 Å². The van der Waals surface area contributed by atoms with Crippen LogP contribution in [0.25, 0.3) is 0 Å². The van der Waals surface area contributed by atoms with Crippen LogP contribution in [0.2, 0.25) is 0 Å². The second-order valence-corrected chi connectivity index (χ2v) is 7.55. The average molecular weight is 212 g/mol. The van der Waals surface area contributed by atoms with Crippen LogP contribution in [-0.2, 0) is 0 Å². The predicted octanol–water partition coefficient (Wildman–Crippen LogP) is 5.52. The summed E-state index contributed by atoms with van der Waals surface area (Å²) in [6.45, 7) is 18.9. The maximum atomic E-state index is 2.40. The predicted molar refractivity (Wildman–Crippen MR) is 71.1 cm³/mol. The van der Waals surface area contributed by atoms with Gasteiger partial charge in [0.25, 0.3) is 0 Å². The molecule has 1 unspecified atom stereocenters. The highest BCUT2D eigenvalue weighted by molar-refractivity contribution is 4.75. The van der Waals surface area contributed by atoms with Crippen molar-refractivity contribution in [2.24, 2.45) is 22.7 Å². The van der Waals surface area contributed by atoms with E-state index in [0.29, 0.717) is 10.8 Å². The van der Waals surface area contributed by atoms with Crippen LogP contribution in [0.4, 0.5) is 0 Å². The van der Waals surface area contributed by atoms with Gasteiger partial charge in [0.05, 0.1) is 0 Å². The first-order valence-corrected chi connectivity index (χ1v) is 6.54. The highest BCUT2D eigenvalue weighted by Crippen LogP contribution is 2.35. The third-order valence-corrected chi connectivity index (χ3v) is 3.81. The van der Waals surface area contributed by atoms with E-state index in [2.05, 4.69) is 55.4 Å². The highest BCUT2D eigenvalue weighted by atomic mass is 14.3. The van der Waals surface area contributed by atoms with Crippen LogP contribution in [-0.4, -0.2) is 0 Å². The molecule has 0 amide bonds. The third kappa shape index (κ3) is 6.98. The maximum absolute atomic E-state index is 2.40. The number of hydrogen-bond acceptors (Lipinski definition) is 0. The van der Waals surface area contributed by atoms with Crippen LogP contribution in [0, 0.1) is 22.7 Å². The SMILES string of the molecule is CC(CCC(C)(C)C(C)C)CC(C)(C)C. The Morgan fingerprint density at radius 1 is 0.867 bits per heavy atom. The maximum Gasteiger partial charge on any atom is -0.0331 e. The van der Waals surface area contributed by atoms with Crippen LogP contribution in [0.15, 0.2) is 0 Å². The molecule has 0 rings (SSSR count). The van der Waals surface area contributed by atoms with Crippen molar-refractivity contribution in [1.29, 1.82) is 0 Å². The standard InChI is InChI=1S/C15H32/c1-12(2)15(7,8)10-9-13(3)11-14(4,5)6/h12-13H,9-11H2,1-8H3. The minimum atomic E-state index is 0.487. The molecule has 0 N–H and O–H groups in total. The van der Waals surface area contributed by atoms with Crippen molar-refractivity contribution in [1.82, 2.24) is 0 Å². The Labute approximate surface area is 97.8 Å². The van der Waals surface area contributed by atoms with Crippen LogP contribution in [0.1, 0.15) is 74.7 Å². The van der Waals surface area contributed by atoms with Gasteiger partial charge in [0.2, 0.25) is 0 Å². The number of hydrogen-bond donors (Lipinski definition) is 0. The smallest absolute Gasteiger partial charge is 0.0331 e. The van der Waals surface area contributed by atoms with Gasteiger partial charge >= 0.3 is 0 Å². The van der Waals surface area contributed by atoms with Crippen molar-refractivity contribution in [3.8, 4) is 0 Å². The summed E-state index contributed by atoms with van der Waals surface area (Å²) >= 11 is 0. The van der Waals surface area contributed by atoms with Crippen LogP contribution < -0.4 is 0 Å². The van der Waals surface area contributed by atoms with Gasteiger partial charge in [-0.15, -0.1) is 0 Å². The Morgan fingerprint density at radius 3 is 1.67 bits per heavy atom. The van der Waals surface area contributed by atoms with Crippen molar-refractivity contribution in [3.05, 3.63) is 0 Å². The van der Waals surface area contributed by atoms with Gasteiger partial charge in [-0.1, -0.05) is 61.8 Å². The van der Waals surface area contributed by atoms with Crippen LogP contribution in [0.3, 0.4) is 0 Å². The summed E-state index contributed by atoms with van der Waals surface area (Å²) in [5.41, 5.74) is 0.994. The van der Waals surface area contributed by atoms with Gasteiger partial charge in [-0.05, 0) is 35.5 Å². The lowest BCUT2D eigenvalue weighted by molar-refractivity contribution is 0.195. The first-order valence-electron chi connectivity index (χ1n) is 6.54. The van der Waals surface area contributed by atoms with E-state index in [9.17, 15) is 0 Å². The second kappa shape index (κ2) is 5.37. The summed E-state index contributed by atoms with van der Waals surface area (Å²) in [4.78, 5) is 0. The summed E-state index contributed by atoms with van der Waals surface area (Å²) in [7, 11) is 0. The fourth-order valence-corrected chi connectivity index (χ4v) is 2.05. The molecule has 0 aliphatic rings. The van der Waals surface area contributed by atoms with Gasteiger partial charge < -0.3 is 0 Å². The Hall–Kier alpha value is 0. The van der Waals surface area contributed by atoms with E-state index in [0.717, 1.165) is 11.8 Å². The Morgan fingerprint density at radius 2 is 1.33 bits per heavy atom. The van der Waals surface area contributed by atoms with Gasteiger partial charge in [-0.25, -0.2) is 0 Å². The molecule has 0 spiro atoms. The molecule has 0 nitrogen and oxygen atoms in total. The summed E-state index contributed by atoms with van der Waals surface area (Å²) in [6.07, 6.45) is 4.09. The Kier molecular flexibility index (Phi) is 5.37. The zero-order chi connectivity index (χ0) is 12.3. The van der Waals surface area contributed by atoms with Crippen molar-refractivity contribution < 1.29 is 0 Å². The van der Waals surface area contributed by atoms with E-state index in [4.69, 9.17) is 0 Å². The zero-order valence-corrected chi connectivity index (χ0v) is 12.3. The Balaban J connectivity index is 3.96. The molecule has 1 atom stereocenters. The lowest BCUT2D eigenvalue weighted by Gasteiger charge is -2.31. The summed E-state index contributed by atoms with van der Waals surface area (Å²) in [5.74, 6) is 1.65. The molecule has 0 bridgehead atoms. The first kappa shape index (κ1) is 15.0. The lowest BCUT2D eigenvalue weighted by Crippen LogP contribution is -2.21. The molecule has 0 heteroatoms. The molecule has 0 radical (unpaired) electrons. The van der Waals surface area contributed by atoms with Gasteiger partial charge in [0, 0.05) is 0 Å². The minimum absolute atomic E-state index is 0.487. The summed E-state index contributed by atoms with van der Waals surface area (Å²) in [6, 6.07) is 0. The molecular weight excluding hydrogens is 180 g/mol. The lowest BCUT2D eigenvalue weighted by atomic mass is 9.74. The molecule has 15 heavy (non-hydrogen) atoms. The molecule has 0 saturated heterocycles. The molecule has 0 aliphatic carbocycles. The van der Waals surface area contributed by atoms with Gasteiger partial charge in [0.1, 0.15) is 0 Å². The highest BCUT2D eigenvalue weighted by Gasteiger charge is 2.24. The molecule has 0 heterocycles. The zero-order valence-electron chi connectivity index (χ0n) is 12.3. The van der Waals surface area contributed by atoms with E-state index in [1.54, 1.807) is 0 Å². The average Bonchev–Trinajstić information content (AvgIpc) is 1.97. The number of rotatable bonds is 5. The van der Waals surface area contributed by atoms with E-state index >= 15 is 0 Å². The molecule has 0 aromatic rings. The van der Waals surface area contributed by atoms with Crippen LogP contribution >= 0.6 is 0 Å². The van der Waals surface area contributed by atoms with Crippen molar-refractivity contribution >= 4 is 0 Å². The Bertz CT molecular complexity index is 169. The van der Waals surface area contributed by atoms with Crippen LogP contribution in [0.5, 0.6) is 0 Å². The molecule has 92 valence electrons. The van der Waals surface area contributed by atoms with E-state index in [-0.39, 0.29) is 0 Å². The summed E-state index contributed by atoms with van der Waals surface area (Å²) < 4.78 is 0. The normalized spacial score (nSPS) is 15.8. The van der Waals surface area contributed by atoms with Crippen molar-refractivity contribution in [2.45, 2.75) is 74.7 Å². The van der Waals surface area contributed by atoms with Crippen molar-refractivity contribution in [2.75, 3.05) is 0 Å². The summed E-state index contributed by atoms with van der Waals surface area (Å²) in [5, 5.41) is 0. The molecule has 0 aromatic carbocycles. The third-order valence-electron chi connectivity index (χ3n) is 3.81. The minimum Gasteiger partial charge on any atom is -0.0625 e. The topological polar surface area (TPSA) is 0 Å². The monoisotopic (exact) mass is 212 g/mol. The quantitative estimate of drug-likeness (QED) is 0.563. The largest absolute Gasteiger partial charge is 0.0625 e. The fourth-order valence-electron chi connectivity index (χ4n) is 2.05. The molecule has 0 aliphatic heterocycles. The van der Waals surface area contributed by atoms with E-state index in [1.807, 2.05) is 0 Å². The molecule has 0 saturated carbocycles. The molecular formula is C15H32.